The first-order valence-corrected chi connectivity index (χ1v) is 16.0. The molecule has 1 saturated carbocycles. The summed E-state index contributed by atoms with van der Waals surface area (Å²) in [7, 11) is 0. The average molecular weight is 612 g/mol. The summed E-state index contributed by atoms with van der Waals surface area (Å²) in [5, 5.41) is 10.8. The van der Waals surface area contributed by atoms with Crippen LogP contribution in [-0.2, 0) is 6.42 Å². The van der Waals surface area contributed by atoms with Crippen molar-refractivity contribution in [3.05, 3.63) is 98.5 Å². The number of ether oxygens (including phenoxy) is 1. The number of allylic oxidation sites excluding steroid dienone is 1. The third kappa shape index (κ3) is 6.79. The van der Waals surface area contributed by atoms with E-state index in [0.29, 0.717) is 28.1 Å². The molecule has 3 nitrogen and oxygen atoms in total. The smallest absolute Gasteiger partial charge is 0.335 e. The van der Waals surface area contributed by atoms with Crippen LogP contribution in [0.15, 0.2) is 60.7 Å². The molecule has 6 heteroatoms. The van der Waals surface area contributed by atoms with Gasteiger partial charge in [0.1, 0.15) is 5.75 Å². The van der Waals surface area contributed by atoms with Gasteiger partial charge in [-0.2, -0.15) is 0 Å². The van der Waals surface area contributed by atoms with Crippen LogP contribution >= 0.6 is 34.8 Å². The van der Waals surface area contributed by atoms with Gasteiger partial charge in [-0.15, -0.1) is 11.6 Å². The lowest BCUT2D eigenvalue weighted by atomic mass is 9.82. The Hall–Kier alpha value is -2.46. The Kier molecular flexibility index (Phi) is 9.69. The lowest BCUT2D eigenvalue weighted by Crippen LogP contribution is -2.20. The highest BCUT2D eigenvalue weighted by Gasteiger charge is 2.38. The fourth-order valence-corrected chi connectivity index (χ4v) is 7.52. The van der Waals surface area contributed by atoms with E-state index >= 15 is 0 Å². The molecule has 0 amide bonds. The summed E-state index contributed by atoms with van der Waals surface area (Å²) in [6.07, 6.45) is 9.65. The number of fused-ring (bicyclic) bond motifs is 1. The topological polar surface area (TPSA) is 46.5 Å². The van der Waals surface area contributed by atoms with E-state index in [1.165, 1.54) is 32.1 Å². The Bertz CT molecular complexity index is 1430. The number of rotatable bonds is 10. The van der Waals surface area contributed by atoms with Crippen LogP contribution in [0.5, 0.6) is 5.75 Å². The van der Waals surface area contributed by atoms with Gasteiger partial charge in [-0.05, 0) is 126 Å². The third-order valence-electron chi connectivity index (χ3n) is 8.83. The van der Waals surface area contributed by atoms with Gasteiger partial charge < -0.3 is 9.84 Å². The minimum absolute atomic E-state index is 0.272. The molecule has 1 fully saturated rings. The van der Waals surface area contributed by atoms with Crippen LogP contribution in [0.1, 0.15) is 90.9 Å². The SMILES string of the molecule is CCCCC1(CCl)CC[C@H](COc2ccc(C3=C(c4ccc(Cl)cc4Cl)CCCc4cc(C(=O)O)ccc43)cc2)C1. The molecule has 0 saturated heterocycles. The summed E-state index contributed by atoms with van der Waals surface area (Å²) in [6.45, 7) is 2.95. The van der Waals surface area contributed by atoms with E-state index < -0.39 is 5.97 Å². The maximum atomic E-state index is 11.7. The number of hydrogen-bond donors (Lipinski definition) is 1. The number of carboxylic acid groups (broad SMARTS) is 1. The molecule has 2 atom stereocenters. The molecule has 2 aliphatic carbocycles. The Morgan fingerprint density at radius 3 is 2.51 bits per heavy atom. The largest absolute Gasteiger partial charge is 0.493 e. The molecule has 0 spiro atoms. The molecule has 2 aliphatic rings. The van der Waals surface area contributed by atoms with Gasteiger partial charge in [0.25, 0.3) is 0 Å². The van der Waals surface area contributed by atoms with Crippen LogP contribution in [0, 0.1) is 11.3 Å². The molecule has 5 rings (SSSR count). The van der Waals surface area contributed by atoms with Gasteiger partial charge in [-0.1, -0.05) is 67.2 Å². The Morgan fingerprint density at radius 1 is 1.02 bits per heavy atom. The number of hydrogen-bond acceptors (Lipinski definition) is 2. The summed E-state index contributed by atoms with van der Waals surface area (Å²) < 4.78 is 6.29. The predicted octanol–water partition coefficient (Wildman–Crippen LogP) is 10.6. The second-order valence-electron chi connectivity index (χ2n) is 11.7. The van der Waals surface area contributed by atoms with Gasteiger partial charge >= 0.3 is 5.97 Å². The predicted molar refractivity (Wildman–Crippen MR) is 171 cm³/mol. The van der Waals surface area contributed by atoms with Crippen LogP contribution < -0.4 is 4.74 Å². The third-order valence-corrected chi connectivity index (χ3v) is 9.94. The van der Waals surface area contributed by atoms with E-state index in [-0.39, 0.29) is 5.41 Å². The number of aryl methyl sites for hydroxylation is 1. The fraction of sp³-hybridized carbons (Fsp3) is 0.400. The monoisotopic (exact) mass is 610 g/mol. The van der Waals surface area contributed by atoms with Crippen LogP contribution in [-0.4, -0.2) is 23.6 Å². The maximum absolute atomic E-state index is 11.7. The van der Waals surface area contributed by atoms with Crippen molar-refractivity contribution in [2.75, 3.05) is 12.5 Å². The first kappa shape index (κ1) is 30.0. The van der Waals surface area contributed by atoms with E-state index in [1.807, 2.05) is 36.4 Å². The van der Waals surface area contributed by atoms with E-state index in [9.17, 15) is 9.90 Å². The molecule has 216 valence electrons. The molecule has 3 aromatic rings. The molecule has 41 heavy (non-hydrogen) atoms. The van der Waals surface area contributed by atoms with Crippen molar-refractivity contribution in [3.8, 4) is 5.75 Å². The molecule has 3 aromatic carbocycles. The van der Waals surface area contributed by atoms with E-state index in [2.05, 4.69) is 19.1 Å². The highest BCUT2D eigenvalue weighted by atomic mass is 35.5. The van der Waals surface area contributed by atoms with Gasteiger partial charge in [-0.3, -0.25) is 0 Å². The molecule has 0 heterocycles. The van der Waals surface area contributed by atoms with Gasteiger partial charge in [0.2, 0.25) is 0 Å². The normalized spacial score (nSPS) is 20.5. The second kappa shape index (κ2) is 13.2. The van der Waals surface area contributed by atoms with Gasteiger partial charge in [0, 0.05) is 15.9 Å². The number of aromatic carboxylic acids is 1. The Labute approximate surface area is 258 Å². The first-order valence-electron chi connectivity index (χ1n) is 14.7. The molecular formula is C35H37Cl3O3. The molecule has 0 radical (unpaired) electrons. The van der Waals surface area contributed by atoms with Crippen LogP contribution in [0.4, 0.5) is 0 Å². The summed E-state index contributed by atoms with van der Waals surface area (Å²) in [4.78, 5) is 11.7. The minimum Gasteiger partial charge on any atom is -0.493 e. The number of carboxylic acids is 1. The van der Waals surface area contributed by atoms with Gasteiger partial charge in [0.05, 0.1) is 12.2 Å². The van der Waals surface area contributed by atoms with Crippen molar-refractivity contribution in [1.29, 1.82) is 0 Å². The maximum Gasteiger partial charge on any atom is 0.335 e. The zero-order valence-corrected chi connectivity index (χ0v) is 25.8. The molecule has 0 aliphatic heterocycles. The van der Waals surface area contributed by atoms with E-state index in [4.69, 9.17) is 39.5 Å². The van der Waals surface area contributed by atoms with Crippen LogP contribution in [0.25, 0.3) is 11.1 Å². The van der Waals surface area contributed by atoms with Crippen molar-refractivity contribution in [3.63, 3.8) is 0 Å². The number of benzene rings is 3. The summed E-state index contributed by atoms with van der Waals surface area (Å²) in [6, 6.07) is 19.4. The number of carbonyl (C=O) groups is 1. The quantitative estimate of drug-likeness (QED) is 0.232. The molecular weight excluding hydrogens is 575 g/mol. The molecule has 1 N–H and O–H groups in total. The van der Waals surface area contributed by atoms with E-state index in [1.54, 1.807) is 12.1 Å². The first-order chi connectivity index (χ1) is 19.8. The van der Waals surface area contributed by atoms with Crippen molar-refractivity contribution in [2.24, 2.45) is 11.3 Å². The van der Waals surface area contributed by atoms with Gasteiger partial charge in [0.15, 0.2) is 0 Å². The zero-order valence-electron chi connectivity index (χ0n) is 23.5. The van der Waals surface area contributed by atoms with Gasteiger partial charge in [-0.25, -0.2) is 4.79 Å². The molecule has 0 bridgehead atoms. The molecule has 1 unspecified atom stereocenters. The number of unbranched alkanes of at least 4 members (excludes halogenated alkanes) is 1. The van der Waals surface area contributed by atoms with Crippen LogP contribution in [0.2, 0.25) is 10.0 Å². The van der Waals surface area contributed by atoms with Crippen molar-refractivity contribution in [1.82, 2.24) is 0 Å². The van der Waals surface area contributed by atoms with E-state index in [0.717, 1.165) is 70.7 Å². The number of alkyl halides is 1. The molecule has 0 aromatic heterocycles. The van der Waals surface area contributed by atoms with Crippen molar-refractivity contribution >= 4 is 51.9 Å². The number of halogens is 3. The highest BCUT2D eigenvalue weighted by Crippen LogP contribution is 2.47. The zero-order chi connectivity index (χ0) is 29.0. The Balaban J connectivity index is 1.44. The highest BCUT2D eigenvalue weighted by molar-refractivity contribution is 6.36. The fourth-order valence-electron chi connectivity index (χ4n) is 6.62. The van der Waals surface area contributed by atoms with Crippen LogP contribution in [0.3, 0.4) is 0 Å². The Morgan fingerprint density at radius 2 is 1.80 bits per heavy atom. The lowest BCUT2D eigenvalue weighted by Gasteiger charge is -2.26. The summed E-state index contributed by atoms with van der Waals surface area (Å²) in [5.41, 5.74) is 6.86. The minimum atomic E-state index is -0.916. The second-order valence-corrected chi connectivity index (χ2v) is 12.8. The average Bonchev–Trinajstić information content (AvgIpc) is 3.29. The summed E-state index contributed by atoms with van der Waals surface area (Å²) in [5.74, 6) is 1.21. The van der Waals surface area contributed by atoms with Crippen molar-refractivity contribution < 1.29 is 14.6 Å². The lowest BCUT2D eigenvalue weighted by molar-refractivity contribution is 0.0696. The summed E-state index contributed by atoms with van der Waals surface area (Å²) >= 11 is 19.4. The van der Waals surface area contributed by atoms with Crippen molar-refractivity contribution in [2.45, 2.75) is 64.7 Å². The standard InChI is InChI=1S/C35H37Cl3O3/c1-2-3-16-35(22-36)17-15-23(20-35)21-41-28-11-7-24(8-12-28)33-29-13-9-26(34(39)40)18-25(29)5-4-6-31(33)30-14-10-27(37)19-32(30)38/h7-14,18-19,23H,2-6,15-17,20-22H2,1H3,(H,39,40)/t23-,35?/m0/s1.